The number of rotatable bonds is 3. The molecule has 2 saturated heterocycles. The molecular formula is C17H18N4O2. The summed E-state index contributed by atoms with van der Waals surface area (Å²) in [5, 5.41) is 3.09. The van der Waals surface area contributed by atoms with Gasteiger partial charge in [0.05, 0.1) is 19.2 Å². The van der Waals surface area contributed by atoms with E-state index in [1.54, 1.807) is 13.3 Å². The van der Waals surface area contributed by atoms with Gasteiger partial charge in [-0.1, -0.05) is 18.2 Å². The van der Waals surface area contributed by atoms with E-state index in [2.05, 4.69) is 21.2 Å². The van der Waals surface area contributed by atoms with Gasteiger partial charge >= 0.3 is 0 Å². The first-order valence-electron chi connectivity index (χ1n) is 7.63. The molecule has 118 valence electrons. The number of aromatic nitrogens is 1. The maximum absolute atomic E-state index is 12.3. The molecule has 6 nitrogen and oxygen atoms in total. The predicted octanol–water partition coefficient (Wildman–Crippen LogP) is 1.09. The Morgan fingerprint density at radius 2 is 1.87 bits per heavy atom. The molecule has 0 spiro atoms. The number of carbonyl (C=O) groups is 1. The molecule has 6 heteroatoms. The molecule has 4 rings (SSSR count). The molecule has 2 aromatic rings. The Hall–Kier alpha value is -2.44. The molecule has 1 amide bonds. The van der Waals surface area contributed by atoms with Crippen molar-refractivity contribution in [1.29, 1.82) is 0 Å². The maximum atomic E-state index is 12.3. The van der Waals surface area contributed by atoms with E-state index in [4.69, 9.17) is 4.74 Å². The van der Waals surface area contributed by atoms with Gasteiger partial charge in [0, 0.05) is 18.3 Å². The number of methoxy groups -OCH3 is 1. The van der Waals surface area contributed by atoms with Crippen molar-refractivity contribution < 1.29 is 9.53 Å². The molecule has 1 aromatic heterocycles. The Balaban J connectivity index is 1.70. The molecule has 1 aromatic carbocycles. The fraction of sp³-hybridized carbons (Fsp3) is 0.294. The molecule has 2 aliphatic rings. The molecule has 4 unspecified atom stereocenters. The molecule has 2 aliphatic heterocycles. The molecular weight excluding hydrogens is 292 g/mol. The van der Waals surface area contributed by atoms with Crippen molar-refractivity contribution >= 4 is 5.91 Å². The average molecular weight is 310 g/mol. The first kappa shape index (κ1) is 14.2. The zero-order valence-electron chi connectivity index (χ0n) is 12.7. The number of nitrogens with zero attached hydrogens (tertiary/aromatic N) is 1. The van der Waals surface area contributed by atoms with E-state index in [1.807, 2.05) is 42.6 Å². The fourth-order valence-corrected chi connectivity index (χ4v) is 3.53. The lowest BCUT2D eigenvalue weighted by Gasteiger charge is -2.24. The Morgan fingerprint density at radius 1 is 1.04 bits per heavy atom. The van der Waals surface area contributed by atoms with Gasteiger partial charge in [0.25, 0.3) is 0 Å². The summed E-state index contributed by atoms with van der Waals surface area (Å²) >= 11 is 0. The van der Waals surface area contributed by atoms with E-state index in [0.717, 1.165) is 16.9 Å². The summed E-state index contributed by atoms with van der Waals surface area (Å²) in [4.78, 5) is 16.5. The first-order chi connectivity index (χ1) is 11.3. The number of ether oxygens (including phenoxy) is 1. The lowest BCUT2D eigenvalue weighted by molar-refractivity contribution is -0.121. The summed E-state index contributed by atoms with van der Waals surface area (Å²) < 4.78 is 5.32. The van der Waals surface area contributed by atoms with Crippen LogP contribution >= 0.6 is 0 Å². The van der Waals surface area contributed by atoms with Crippen molar-refractivity contribution in [2.45, 2.75) is 18.1 Å². The zero-order valence-corrected chi connectivity index (χ0v) is 12.7. The molecule has 3 heterocycles. The summed E-state index contributed by atoms with van der Waals surface area (Å²) in [6.45, 7) is 0. The number of hydrogen-bond donors (Lipinski definition) is 3. The van der Waals surface area contributed by atoms with Gasteiger partial charge in [-0.3, -0.25) is 9.78 Å². The number of fused-ring (bicyclic) bond motifs is 1. The number of amides is 1. The van der Waals surface area contributed by atoms with Crippen LogP contribution in [0.15, 0.2) is 48.8 Å². The number of carbonyl (C=O) groups excluding carboxylic acids is 1. The van der Waals surface area contributed by atoms with Gasteiger partial charge in [0.15, 0.2) is 0 Å². The second-order valence-corrected chi connectivity index (χ2v) is 5.87. The average Bonchev–Trinajstić information content (AvgIpc) is 3.17. The largest absolute Gasteiger partial charge is 0.497 e. The van der Waals surface area contributed by atoms with Gasteiger partial charge in [0.1, 0.15) is 11.8 Å². The van der Waals surface area contributed by atoms with Crippen LogP contribution in [0.2, 0.25) is 0 Å². The molecule has 23 heavy (non-hydrogen) atoms. The molecule has 4 atom stereocenters. The quantitative estimate of drug-likeness (QED) is 0.791. The first-order valence-corrected chi connectivity index (χ1v) is 7.63. The molecule has 0 bridgehead atoms. The standard InChI is InChI=1S/C17H18N4O2/c1-23-12-6-2-4-10(8-12)15-13-14(11-5-3-7-18-9-11)19-17(22)16(13)21-20-15/h2-9,13-16,20-21H,1H3,(H,19,22). The van der Waals surface area contributed by atoms with Crippen LogP contribution in [0.1, 0.15) is 23.2 Å². The summed E-state index contributed by atoms with van der Waals surface area (Å²) in [5.74, 6) is 0.892. The van der Waals surface area contributed by atoms with Crippen molar-refractivity contribution in [1.82, 2.24) is 21.2 Å². The van der Waals surface area contributed by atoms with Crippen LogP contribution in [0, 0.1) is 5.92 Å². The number of benzene rings is 1. The predicted molar refractivity (Wildman–Crippen MR) is 84.4 cm³/mol. The Kier molecular flexibility index (Phi) is 3.48. The second-order valence-electron chi connectivity index (χ2n) is 5.87. The minimum absolute atomic E-state index is 0.0132. The second kappa shape index (κ2) is 5.64. The van der Waals surface area contributed by atoms with Crippen LogP contribution in [0.4, 0.5) is 0 Å². The Labute approximate surface area is 134 Å². The van der Waals surface area contributed by atoms with Gasteiger partial charge in [-0.25, -0.2) is 10.9 Å². The fourth-order valence-electron chi connectivity index (χ4n) is 3.53. The lowest BCUT2D eigenvalue weighted by atomic mass is 9.84. The number of pyridine rings is 1. The summed E-state index contributed by atoms with van der Waals surface area (Å²) in [5.41, 5.74) is 8.51. The molecule has 0 saturated carbocycles. The zero-order chi connectivity index (χ0) is 15.8. The maximum Gasteiger partial charge on any atom is 0.239 e. The highest BCUT2D eigenvalue weighted by atomic mass is 16.5. The SMILES string of the molecule is COc1cccc(C2NNC3C(=O)NC(c4cccnc4)C32)c1. The van der Waals surface area contributed by atoms with E-state index >= 15 is 0 Å². The number of nitrogens with one attached hydrogen (secondary N) is 3. The molecule has 3 N–H and O–H groups in total. The highest BCUT2D eigenvalue weighted by Gasteiger charge is 2.51. The Bertz CT molecular complexity index is 722. The van der Waals surface area contributed by atoms with Crippen molar-refractivity contribution in [3.8, 4) is 5.75 Å². The van der Waals surface area contributed by atoms with E-state index in [-0.39, 0.29) is 30.0 Å². The van der Waals surface area contributed by atoms with Gasteiger partial charge < -0.3 is 10.1 Å². The van der Waals surface area contributed by atoms with Gasteiger partial charge in [-0.05, 0) is 29.3 Å². The normalized spacial score (nSPS) is 29.2. The molecule has 2 fully saturated rings. The van der Waals surface area contributed by atoms with Crippen molar-refractivity contribution in [2.75, 3.05) is 7.11 Å². The molecule has 0 radical (unpaired) electrons. The van der Waals surface area contributed by atoms with Gasteiger partial charge in [-0.2, -0.15) is 0 Å². The monoisotopic (exact) mass is 310 g/mol. The highest BCUT2D eigenvalue weighted by Crippen LogP contribution is 2.42. The van der Waals surface area contributed by atoms with E-state index in [0.29, 0.717) is 0 Å². The van der Waals surface area contributed by atoms with Crippen molar-refractivity contribution in [3.63, 3.8) is 0 Å². The summed E-state index contributed by atoms with van der Waals surface area (Å²) in [6.07, 6.45) is 3.55. The van der Waals surface area contributed by atoms with Gasteiger partial charge in [-0.15, -0.1) is 0 Å². The van der Waals surface area contributed by atoms with E-state index in [1.165, 1.54) is 0 Å². The summed E-state index contributed by atoms with van der Waals surface area (Å²) in [7, 11) is 1.65. The minimum Gasteiger partial charge on any atom is -0.497 e. The van der Waals surface area contributed by atoms with Crippen LogP contribution < -0.4 is 20.9 Å². The van der Waals surface area contributed by atoms with E-state index < -0.39 is 0 Å². The number of hydrogen-bond acceptors (Lipinski definition) is 5. The third-order valence-corrected chi connectivity index (χ3v) is 4.63. The minimum atomic E-state index is -0.253. The van der Waals surface area contributed by atoms with Crippen molar-refractivity contribution in [3.05, 3.63) is 59.9 Å². The number of hydrazine groups is 1. The highest BCUT2D eigenvalue weighted by molar-refractivity contribution is 5.86. The van der Waals surface area contributed by atoms with Gasteiger partial charge in [0.2, 0.25) is 5.91 Å². The third-order valence-electron chi connectivity index (χ3n) is 4.63. The van der Waals surface area contributed by atoms with Crippen LogP contribution in [0.3, 0.4) is 0 Å². The third kappa shape index (κ3) is 2.36. The van der Waals surface area contributed by atoms with Crippen LogP contribution in [0.25, 0.3) is 0 Å². The van der Waals surface area contributed by atoms with Crippen molar-refractivity contribution in [2.24, 2.45) is 5.92 Å². The lowest BCUT2D eigenvalue weighted by Crippen LogP contribution is -2.39. The Morgan fingerprint density at radius 3 is 2.65 bits per heavy atom. The molecule has 0 aliphatic carbocycles. The van der Waals surface area contributed by atoms with Crippen LogP contribution in [0.5, 0.6) is 5.75 Å². The van der Waals surface area contributed by atoms with Crippen LogP contribution in [-0.2, 0) is 4.79 Å². The smallest absolute Gasteiger partial charge is 0.239 e. The van der Waals surface area contributed by atoms with E-state index in [9.17, 15) is 4.79 Å². The topological polar surface area (TPSA) is 75.3 Å². The van der Waals surface area contributed by atoms with Crippen LogP contribution in [-0.4, -0.2) is 24.0 Å². The summed E-state index contributed by atoms with van der Waals surface area (Å²) in [6, 6.07) is 11.5.